The van der Waals surface area contributed by atoms with Gasteiger partial charge in [0.15, 0.2) is 0 Å². The van der Waals surface area contributed by atoms with E-state index in [1.165, 1.54) is 29.5 Å². The minimum Gasteiger partial charge on any atom is -0.434 e. The summed E-state index contributed by atoms with van der Waals surface area (Å²) < 4.78 is 29.2. The zero-order chi connectivity index (χ0) is 16.8. The number of nitrogens with one attached hydrogen (secondary N) is 1. The van der Waals surface area contributed by atoms with E-state index < -0.39 is 12.5 Å². The molecule has 23 heavy (non-hydrogen) atoms. The third-order valence-corrected chi connectivity index (χ3v) is 3.96. The molecule has 1 aromatic carbocycles. The second kappa shape index (κ2) is 8.19. The summed E-state index contributed by atoms with van der Waals surface area (Å²) in [4.78, 5) is 16.2. The largest absolute Gasteiger partial charge is 0.434 e. The van der Waals surface area contributed by atoms with Crippen molar-refractivity contribution in [3.8, 4) is 5.75 Å². The van der Waals surface area contributed by atoms with Crippen molar-refractivity contribution in [3.05, 3.63) is 44.9 Å². The van der Waals surface area contributed by atoms with E-state index in [4.69, 9.17) is 17.3 Å². The smallest absolute Gasteiger partial charge is 0.387 e. The minimum absolute atomic E-state index is 0.00873. The van der Waals surface area contributed by atoms with Crippen LogP contribution in [-0.2, 0) is 13.0 Å². The Morgan fingerprint density at radius 2 is 2.26 bits per heavy atom. The first-order valence-corrected chi connectivity index (χ1v) is 7.91. The molecule has 0 aliphatic heterocycles. The van der Waals surface area contributed by atoms with Crippen molar-refractivity contribution >= 4 is 28.8 Å². The van der Waals surface area contributed by atoms with Gasteiger partial charge in [0.1, 0.15) is 11.4 Å². The van der Waals surface area contributed by atoms with Gasteiger partial charge in [-0.2, -0.15) is 8.78 Å². The minimum atomic E-state index is -2.96. The molecule has 124 valence electrons. The monoisotopic (exact) mass is 361 g/mol. The summed E-state index contributed by atoms with van der Waals surface area (Å²) in [7, 11) is 0. The highest BCUT2D eigenvalue weighted by Gasteiger charge is 2.14. The van der Waals surface area contributed by atoms with Crippen LogP contribution < -0.4 is 15.8 Å². The van der Waals surface area contributed by atoms with E-state index in [0.29, 0.717) is 23.6 Å². The summed E-state index contributed by atoms with van der Waals surface area (Å²) in [6.45, 7) is -2.51. The van der Waals surface area contributed by atoms with Gasteiger partial charge < -0.3 is 15.8 Å². The summed E-state index contributed by atoms with van der Waals surface area (Å²) in [6.07, 6.45) is 0.596. The van der Waals surface area contributed by atoms with Crippen LogP contribution in [0.15, 0.2) is 23.6 Å². The number of rotatable bonds is 7. The molecule has 9 heteroatoms. The van der Waals surface area contributed by atoms with Crippen molar-refractivity contribution in [2.75, 3.05) is 6.54 Å². The molecule has 1 amide bonds. The van der Waals surface area contributed by atoms with E-state index in [0.717, 1.165) is 5.01 Å². The van der Waals surface area contributed by atoms with Crippen molar-refractivity contribution < 1.29 is 18.3 Å². The fourth-order valence-electron chi connectivity index (χ4n) is 1.82. The summed E-state index contributed by atoms with van der Waals surface area (Å²) in [5.74, 6) is -0.445. The molecule has 5 nitrogen and oxygen atoms in total. The molecule has 0 atom stereocenters. The summed E-state index contributed by atoms with van der Waals surface area (Å²) in [6, 6.07) is 4.22. The van der Waals surface area contributed by atoms with Crippen LogP contribution in [0.4, 0.5) is 8.78 Å². The van der Waals surface area contributed by atoms with Crippen LogP contribution in [0.2, 0.25) is 5.02 Å². The number of ether oxygens (including phenoxy) is 1. The number of carbonyl (C=O) groups excluding carboxylic acids is 1. The molecule has 0 radical (unpaired) electrons. The van der Waals surface area contributed by atoms with Gasteiger partial charge in [0, 0.05) is 28.9 Å². The highest BCUT2D eigenvalue weighted by Crippen LogP contribution is 2.24. The maximum absolute atomic E-state index is 12.4. The van der Waals surface area contributed by atoms with E-state index in [1.54, 1.807) is 5.38 Å². The standard InChI is InChI=1S/C14H14ClF2N3O2S/c15-9-1-2-11(22-14(16)17)8(5-9)6-19-13(21)10-7-23-12(20-10)3-4-18/h1-2,5,7,14H,3-4,6,18H2,(H,19,21). The fourth-order valence-corrected chi connectivity index (χ4v) is 2.81. The summed E-state index contributed by atoms with van der Waals surface area (Å²) in [5.41, 5.74) is 6.04. The number of hydrogen-bond acceptors (Lipinski definition) is 5. The van der Waals surface area contributed by atoms with Crippen molar-refractivity contribution in [2.24, 2.45) is 5.73 Å². The number of halogens is 3. The zero-order valence-electron chi connectivity index (χ0n) is 11.9. The lowest BCUT2D eigenvalue weighted by molar-refractivity contribution is -0.0504. The van der Waals surface area contributed by atoms with Crippen LogP contribution >= 0.6 is 22.9 Å². The Morgan fingerprint density at radius 3 is 2.96 bits per heavy atom. The number of amides is 1. The number of nitrogens with two attached hydrogens (primary N) is 1. The molecule has 2 aromatic rings. The quantitative estimate of drug-likeness (QED) is 0.795. The summed E-state index contributed by atoms with van der Waals surface area (Å²) >= 11 is 7.19. The SMILES string of the molecule is NCCc1nc(C(=O)NCc2cc(Cl)ccc2OC(F)F)cs1. The Morgan fingerprint density at radius 1 is 1.48 bits per heavy atom. The molecule has 0 saturated carbocycles. The lowest BCUT2D eigenvalue weighted by atomic mass is 10.2. The topological polar surface area (TPSA) is 77.2 Å². The first kappa shape index (κ1) is 17.6. The molecule has 0 bridgehead atoms. The van der Waals surface area contributed by atoms with Crippen LogP contribution in [0.25, 0.3) is 0 Å². The van der Waals surface area contributed by atoms with Gasteiger partial charge in [-0.25, -0.2) is 4.98 Å². The van der Waals surface area contributed by atoms with E-state index in [9.17, 15) is 13.6 Å². The third kappa shape index (κ3) is 5.12. The Labute approximate surface area is 140 Å². The van der Waals surface area contributed by atoms with Crippen LogP contribution in [0, 0.1) is 0 Å². The van der Waals surface area contributed by atoms with E-state index in [1.807, 2.05) is 0 Å². The van der Waals surface area contributed by atoms with E-state index in [2.05, 4.69) is 15.0 Å². The molecule has 0 saturated heterocycles. The van der Waals surface area contributed by atoms with Crippen LogP contribution in [-0.4, -0.2) is 24.0 Å². The second-order valence-corrected chi connectivity index (χ2v) is 5.86. The van der Waals surface area contributed by atoms with Gasteiger partial charge in [-0.3, -0.25) is 4.79 Å². The Hall–Kier alpha value is -1.77. The maximum atomic E-state index is 12.4. The predicted octanol–water partition coefficient (Wildman–Crippen LogP) is 2.83. The first-order valence-electron chi connectivity index (χ1n) is 6.65. The number of hydrogen-bond donors (Lipinski definition) is 2. The molecule has 1 heterocycles. The fraction of sp³-hybridized carbons (Fsp3) is 0.286. The molecule has 0 aliphatic carbocycles. The van der Waals surface area contributed by atoms with Gasteiger partial charge in [0.05, 0.1) is 5.01 Å². The predicted molar refractivity (Wildman–Crippen MR) is 84.1 cm³/mol. The molecule has 3 N–H and O–H groups in total. The van der Waals surface area contributed by atoms with Crippen LogP contribution in [0.5, 0.6) is 5.75 Å². The molecule has 0 unspecified atom stereocenters. The van der Waals surface area contributed by atoms with Gasteiger partial charge in [0.2, 0.25) is 0 Å². The maximum Gasteiger partial charge on any atom is 0.387 e. The van der Waals surface area contributed by atoms with Crippen molar-refractivity contribution in [2.45, 2.75) is 19.6 Å². The van der Waals surface area contributed by atoms with Crippen LogP contribution in [0.1, 0.15) is 21.1 Å². The van der Waals surface area contributed by atoms with Crippen molar-refractivity contribution in [3.63, 3.8) is 0 Å². The normalized spacial score (nSPS) is 10.8. The zero-order valence-corrected chi connectivity index (χ0v) is 13.5. The number of carbonyl (C=O) groups is 1. The first-order chi connectivity index (χ1) is 11.0. The van der Waals surface area contributed by atoms with Crippen molar-refractivity contribution in [1.29, 1.82) is 0 Å². The molecule has 0 fully saturated rings. The highest BCUT2D eigenvalue weighted by atomic mass is 35.5. The number of aromatic nitrogens is 1. The van der Waals surface area contributed by atoms with E-state index in [-0.39, 0.29) is 18.0 Å². The molecular weight excluding hydrogens is 348 g/mol. The second-order valence-electron chi connectivity index (χ2n) is 4.48. The number of alkyl halides is 2. The average Bonchev–Trinajstić information content (AvgIpc) is 2.96. The van der Waals surface area contributed by atoms with Crippen LogP contribution in [0.3, 0.4) is 0 Å². The number of benzene rings is 1. The molecule has 2 rings (SSSR count). The molecule has 0 spiro atoms. The Bertz CT molecular complexity index is 682. The lowest BCUT2D eigenvalue weighted by Gasteiger charge is -2.11. The molecular formula is C14H14ClF2N3O2S. The summed E-state index contributed by atoms with van der Waals surface area (Å²) in [5, 5.41) is 5.34. The van der Waals surface area contributed by atoms with Gasteiger partial charge in [-0.1, -0.05) is 11.6 Å². The molecule has 0 aliphatic rings. The van der Waals surface area contributed by atoms with Gasteiger partial charge in [0.25, 0.3) is 5.91 Å². The Balaban J connectivity index is 2.04. The molecule has 1 aromatic heterocycles. The number of thiazole rings is 1. The number of nitrogens with zero attached hydrogens (tertiary/aromatic N) is 1. The highest BCUT2D eigenvalue weighted by molar-refractivity contribution is 7.09. The van der Waals surface area contributed by atoms with E-state index >= 15 is 0 Å². The van der Waals surface area contributed by atoms with Gasteiger partial charge in [-0.15, -0.1) is 11.3 Å². The average molecular weight is 362 g/mol. The Kier molecular flexibility index (Phi) is 6.26. The lowest BCUT2D eigenvalue weighted by Crippen LogP contribution is -2.23. The van der Waals surface area contributed by atoms with Crippen molar-refractivity contribution in [1.82, 2.24) is 10.3 Å². The third-order valence-electron chi connectivity index (χ3n) is 2.82. The van der Waals surface area contributed by atoms with Gasteiger partial charge >= 0.3 is 6.61 Å². The van der Waals surface area contributed by atoms with Gasteiger partial charge in [-0.05, 0) is 24.7 Å².